The van der Waals surface area contributed by atoms with E-state index in [9.17, 15) is 14.7 Å². The molecule has 0 heterocycles. The first kappa shape index (κ1) is 15.0. The van der Waals surface area contributed by atoms with Gasteiger partial charge in [0.05, 0.1) is 17.7 Å². The number of hydrogen-bond donors (Lipinski definition) is 2. The van der Waals surface area contributed by atoms with Crippen LogP contribution in [-0.4, -0.2) is 28.8 Å². The van der Waals surface area contributed by atoms with E-state index < -0.39 is 17.9 Å². The van der Waals surface area contributed by atoms with E-state index in [4.69, 9.17) is 5.21 Å². The second kappa shape index (κ2) is 6.88. The summed E-state index contributed by atoms with van der Waals surface area (Å²) in [6.45, 7) is 0. The van der Waals surface area contributed by atoms with Crippen molar-refractivity contribution in [1.29, 1.82) is 0 Å². The van der Waals surface area contributed by atoms with E-state index in [1.807, 2.05) is 0 Å². The zero-order valence-electron chi connectivity index (χ0n) is 11.5. The second-order valence-corrected chi connectivity index (χ2v) is 5.14. The van der Waals surface area contributed by atoms with Crippen LogP contribution in [0.5, 0.6) is 0 Å². The Bertz CT molecular complexity index is 532. The van der Waals surface area contributed by atoms with Crippen molar-refractivity contribution in [2.24, 2.45) is 11.1 Å². The molecule has 1 aliphatic carbocycles. The lowest BCUT2D eigenvalue weighted by Crippen LogP contribution is -2.52. The average molecular weight is 289 g/mol. The fraction of sp³-hybridized carbons (Fsp3) is 0.400. The van der Waals surface area contributed by atoms with Crippen molar-refractivity contribution >= 4 is 17.6 Å². The number of rotatable bonds is 4. The quantitative estimate of drug-likeness (QED) is 0.624. The molecule has 1 aromatic carbocycles. The number of carboxylic acids is 1. The van der Waals surface area contributed by atoms with Crippen LogP contribution in [-0.2, 0) is 4.79 Å². The maximum absolute atomic E-state index is 12.1. The molecule has 0 saturated heterocycles. The van der Waals surface area contributed by atoms with Crippen LogP contribution in [0.2, 0.25) is 0 Å². The smallest absolute Gasteiger partial charge is 0.251 e. The summed E-state index contributed by atoms with van der Waals surface area (Å²) in [5.41, 5.74) is 1.08. The number of oxime groups is 1. The minimum absolute atomic E-state index is 0.215. The molecule has 1 saturated carbocycles. The molecule has 0 aromatic heterocycles. The van der Waals surface area contributed by atoms with Crippen molar-refractivity contribution in [2.45, 2.75) is 31.7 Å². The number of carbonyl (C=O) groups is 2. The number of nitrogens with zero attached hydrogens (tertiary/aromatic N) is 1. The van der Waals surface area contributed by atoms with Gasteiger partial charge in [0, 0.05) is 5.56 Å². The maximum Gasteiger partial charge on any atom is 0.251 e. The van der Waals surface area contributed by atoms with Gasteiger partial charge in [0.2, 0.25) is 0 Å². The van der Waals surface area contributed by atoms with Crippen molar-refractivity contribution in [3.63, 3.8) is 0 Å². The average Bonchev–Trinajstić information content (AvgIpc) is 2.53. The third-order valence-corrected chi connectivity index (χ3v) is 3.80. The summed E-state index contributed by atoms with van der Waals surface area (Å²) in [7, 11) is 0. The maximum atomic E-state index is 12.1. The minimum atomic E-state index is -1.28. The van der Waals surface area contributed by atoms with Crippen LogP contribution in [0, 0.1) is 5.92 Å². The fourth-order valence-electron chi connectivity index (χ4n) is 2.59. The number of benzene rings is 1. The van der Waals surface area contributed by atoms with Gasteiger partial charge in [-0.3, -0.25) is 4.79 Å². The molecule has 6 heteroatoms. The molecule has 1 fully saturated rings. The molecule has 1 amide bonds. The fourth-order valence-corrected chi connectivity index (χ4v) is 2.59. The van der Waals surface area contributed by atoms with Crippen molar-refractivity contribution in [1.82, 2.24) is 5.32 Å². The Labute approximate surface area is 122 Å². The van der Waals surface area contributed by atoms with Gasteiger partial charge in [-0.15, -0.1) is 0 Å². The van der Waals surface area contributed by atoms with E-state index in [0.717, 1.165) is 0 Å². The van der Waals surface area contributed by atoms with Crippen LogP contribution in [0.1, 0.15) is 36.0 Å². The zero-order chi connectivity index (χ0) is 15.2. The van der Waals surface area contributed by atoms with E-state index in [-0.39, 0.29) is 5.92 Å². The monoisotopic (exact) mass is 289 g/mol. The molecule has 21 heavy (non-hydrogen) atoms. The molecule has 6 nitrogen and oxygen atoms in total. The predicted molar refractivity (Wildman–Crippen MR) is 73.9 cm³/mol. The van der Waals surface area contributed by atoms with Crippen molar-refractivity contribution < 1.29 is 19.9 Å². The van der Waals surface area contributed by atoms with Gasteiger partial charge in [0.15, 0.2) is 0 Å². The topological polar surface area (TPSA) is 102 Å². The van der Waals surface area contributed by atoms with E-state index in [1.165, 1.54) is 0 Å². The molecule has 1 unspecified atom stereocenters. The first-order chi connectivity index (χ1) is 10.1. The Kier molecular flexibility index (Phi) is 4.92. The largest absolute Gasteiger partial charge is 0.548 e. The number of nitrogens with one attached hydrogen (secondary N) is 1. The highest BCUT2D eigenvalue weighted by molar-refractivity contribution is 5.96. The third kappa shape index (κ3) is 3.81. The van der Waals surface area contributed by atoms with E-state index in [0.29, 0.717) is 37.0 Å². The summed E-state index contributed by atoms with van der Waals surface area (Å²) < 4.78 is 0. The highest BCUT2D eigenvalue weighted by atomic mass is 16.4. The molecule has 0 radical (unpaired) electrons. The normalized spacial score (nSPS) is 19.6. The van der Waals surface area contributed by atoms with Crippen LogP contribution in [0.15, 0.2) is 35.5 Å². The first-order valence-corrected chi connectivity index (χ1v) is 6.88. The molecular weight excluding hydrogens is 272 g/mol. The number of amides is 1. The van der Waals surface area contributed by atoms with Crippen LogP contribution in [0.25, 0.3) is 0 Å². The van der Waals surface area contributed by atoms with Gasteiger partial charge in [0.25, 0.3) is 5.91 Å². The van der Waals surface area contributed by atoms with Gasteiger partial charge in [-0.1, -0.05) is 23.4 Å². The lowest BCUT2D eigenvalue weighted by molar-refractivity contribution is -0.309. The lowest BCUT2D eigenvalue weighted by Gasteiger charge is -2.31. The van der Waals surface area contributed by atoms with Gasteiger partial charge in [-0.25, -0.2) is 0 Å². The van der Waals surface area contributed by atoms with Crippen LogP contribution in [0.4, 0.5) is 0 Å². The first-order valence-electron chi connectivity index (χ1n) is 6.88. The Morgan fingerprint density at radius 2 is 1.86 bits per heavy atom. The standard InChI is InChI=1S/C15H18N2O4/c18-14(11-4-2-1-3-5-11)16-13(15(19)20)10-6-8-12(17-21)9-7-10/h1-5,10,13,21H,6-9H2,(H,16,18)(H,19,20)/p-1. The minimum Gasteiger partial charge on any atom is -0.548 e. The molecule has 112 valence electrons. The molecule has 0 bridgehead atoms. The van der Waals surface area contributed by atoms with Gasteiger partial charge >= 0.3 is 0 Å². The Morgan fingerprint density at radius 3 is 2.38 bits per heavy atom. The molecule has 0 aliphatic heterocycles. The SMILES string of the molecule is O=C(NC(C(=O)[O-])C1CCC(=NO)CC1)c1ccccc1. The number of hydrogen-bond acceptors (Lipinski definition) is 5. The van der Waals surface area contributed by atoms with E-state index in [1.54, 1.807) is 30.3 Å². The van der Waals surface area contributed by atoms with Crippen molar-refractivity contribution in [3.8, 4) is 0 Å². The van der Waals surface area contributed by atoms with Gasteiger partial charge in [-0.2, -0.15) is 0 Å². The third-order valence-electron chi connectivity index (χ3n) is 3.80. The summed E-state index contributed by atoms with van der Waals surface area (Å²) in [6, 6.07) is 7.43. The predicted octanol–water partition coefficient (Wildman–Crippen LogP) is 0.555. The van der Waals surface area contributed by atoms with E-state index in [2.05, 4.69) is 10.5 Å². The molecule has 0 spiro atoms. The summed E-state index contributed by atoms with van der Waals surface area (Å²) in [6.07, 6.45) is 2.17. The summed E-state index contributed by atoms with van der Waals surface area (Å²) in [5, 5.41) is 25.7. The molecule has 2 rings (SSSR count). The van der Waals surface area contributed by atoms with Gasteiger partial charge in [0.1, 0.15) is 0 Å². The second-order valence-electron chi connectivity index (χ2n) is 5.14. The molecule has 1 aliphatic rings. The van der Waals surface area contributed by atoms with Crippen LogP contribution in [0.3, 0.4) is 0 Å². The van der Waals surface area contributed by atoms with Crippen LogP contribution < -0.4 is 10.4 Å². The highest BCUT2D eigenvalue weighted by Gasteiger charge is 2.28. The molecule has 1 aromatic rings. The number of aliphatic carboxylic acids is 1. The number of carbonyl (C=O) groups excluding carboxylic acids is 2. The van der Waals surface area contributed by atoms with E-state index >= 15 is 0 Å². The summed E-state index contributed by atoms with van der Waals surface area (Å²) >= 11 is 0. The molecule has 1 atom stereocenters. The Balaban J connectivity index is 2.03. The van der Waals surface area contributed by atoms with Crippen molar-refractivity contribution in [3.05, 3.63) is 35.9 Å². The zero-order valence-corrected chi connectivity index (χ0v) is 11.5. The van der Waals surface area contributed by atoms with Gasteiger partial charge < -0.3 is 20.4 Å². The number of carboxylic acid groups (broad SMARTS) is 1. The summed E-state index contributed by atoms with van der Waals surface area (Å²) in [5.74, 6) is -1.92. The lowest BCUT2D eigenvalue weighted by atomic mass is 9.83. The Hall–Kier alpha value is -2.37. The molecular formula is C15H17N2O4-. The Morgan fingerprint density at radius 1 is 1.24 bits per heavy atom. The van der Waals surface area contributed by atoms with Crippen LogP contribution >= 0.6 is 0 Å². The highest BCUT2D eigenvalue weighted by Crippen LogP contribution is 2.25. The molecule has 2 N–H and O–H groups in total. The summed E-state index contributed by atoms with van der Waals surface area (Å²) in [4.78, 5) is 23.4. The van der Waals surface area contributed by atoms with Crippen molar-refractivity contribution in [2.75, 3.05) is 0 Å². The van der Waals surface area contributed by atoms with Gasteiger partial charge in [-0.05, 0) is 43.7 Å².